The van der Waals surface area contributed by atoms with E-state index >= 15 is 0 Å². The van der Waals surface area contributed by atoms with Crippen LogP contribution < -0.4 is 5.32 Å². The number of thiophene rings is 1. The largest absolute Gasteiger partial charge is 0.366 e. The maximum Gasteiger partial charge on any atom is 0.138 e. The minimum atomic E-state index is 0.374. The van der Waals surface area contributed by atoms with E-state index in [2.05, 4.69) is 89.1 Å². The highest BCUT2D eigenvalue weighted by molar-refractivity contribution is 7.17. The molecular weight excluding hydrogens is 374 g/mol. The molecule has 2 aromatic carbocycles. The Bertz CT molecular complexity index is 1200. The molecule has 0 saturated heterocycles. The second-order valence-corrected chi connectivity index (χ2v) is 8.70. The Hall–Kier alpha value is -2.98. The Labute approximate surface area is 175 Å². The lowest BCUT2D eigenvalue weighted by molar-refractivity contribution is 0.770. The summed E-state index contributed by atoms with van der Waals surface area (Å²) in [6.07, 6.45) is 8.11. The predicted octanol–water partition coefficient (Wildman–Crippen LogP) is 6.06. The third-order valence-electron chi connectivity index (χ3n) is 5.60. The van der Waals surface area contributed by atoms with Crippen LogP contribution in [0.3, 0.4) is 0 Å². The number of fused-ring (bicyclic) bond motifs is 2. The number of nitrogens with one attached hydrogen (secondary N) is 1. The Morgan fingerprint density at radius 1 is 0.931 bits per heavy atom. The topological polar surface area (TPSA) is 37.8 Å². The number of hydrogen-bond acceptors (Lipinski definition) is 4. The molecule has 1 unspecified atom stereocenters. The quantitative estimate of drug-likeness (QED) is 0.426. The average Bonchev–Trinajstić information content (AvgIpc) is 3.31. The zero-order valence-corrected chi connectivity index (χ0v) is 17.5. The summed E-state index contributed by atoms with van der Waals surface area (Å²) in [5, 5.41) is 6.99. The van der Waals surface area contributed by atoms with Crippen LogP contribution in [-0.2, 0) is 12.8 Å². The normalized spacial score (nSPS) is 15.9. The SMILES string of the molecule is Cc1ccc(C=Cc2ccc3c(c2)CC(Nc2ncnc4scc(C)c24)C3)cc1. The molecule has 29 heavy (non-hydrogen) atoms. The average molecular weight is 398 g/mol. The van der Waals surface area contributed by atoms with E-state index in [0.717, 1.165) is 28.9 Å². The van der Waals surface area contributed by atoms with Crippen molar-refractivity contribution in [3.05, 3.63) is 87.6 Å². The highest BCUT2D eigenvalue weighted by Crippen LogP contribution is 2.31. The molecule has 2 aromatic heterocycles. The fourth-order valence-electron chi connectivity index (χ4n) is 4.03. The van der Waals surface area contributed by atoms with Gasteiger partial charge in [-0.3, -0.25) is 0 Å². The maximum absolute atomic E-state index is 4.53. The molecule has 0 fully saturated rings. The first-order valence-corrected chi connectivity index (χ1v) is 10.9. The summed E-state index contributed by atoms with van der Waals surface area (Å²) in [5.41, 5.74) is 7.88. The number of aromatic nitrogens is 2. The van der Waals surface area contributed by atoms with Crippen molar-refractivity contribution in [1.29, 1.82) is 0 Å². The van der Waals surface area contributed by atoms with Gasteiger partial charge in [-0.2, -0.15) is 0 Å². The van der Waals surface area contributed by atoms with Crippen LogP contribution in [0, 0.1) is 13.8 Å². The number of aryl methyl sites for hydroxylation is 2. The van der Waals surface area contributed by atoms with Crippen LogP contribution in [0.5, 0.6) is 0 Å². The standard InChI is InChI=1S/C25H23N3S/c1-16-3-5-18(6-4-16)7-8-19-9-10-20-12-22(13-21(20)11-19)28-24-23-17(2)14-29-25(23)27-15-26-24/h3-11,14-15,22H,12-13H2,1-2H3,(H,26,27,28). The molecule has 4 heteroatoms. The summed E-state index contributed by atoms with van der Waals surface area (Å²) in [4.78, 5) is 9.98. The van der Waals surface area contributed by atoms with Crippen molar-refractivity contribution in [2.24, 2.45) is 0 Å². The predicted molar refractivity (Wildman–Crippen MR) is 124 cm³/mol. The molecular formula is C25H23N3S. The number of anilines is 1. The van der Waals surface area contributed by atoms with E-state index in [9.17, 15) is 0 Å². The van der Waals surface area contributed by atoms with Gasteiger partial charge in [0.25, 0.3) is 0 Å². The highest BCUT2D eigenvalue weighted by Gasteiger charge is 2.22. The first-order valence-electron chi connectivity index (χ1n) is 9.97. The summed E-state index contributed by atoms with van der Waals surface area (Å²) in [7, 11) is 0. The van der Waals surface area contributed by atoms with E-state index in [-0.39, 0.29) is 0 Å². The van der Waals surface area contributed by atoms with Gasteiger partial charge in [0.05, 0.1) is 5.39 Å². The monoisotopic (exact) mass is 397 g/mol. The van der Waals surface area contributed by atoms with Gasteiger partial charge >= 0.3 is 0 Å². The smallest absolute Gasteiger partial charge is 0.138 e. The summed E-state index contributed by atoms with van der Waals surface area (Å²) in [6, 6.07) is 15.8. The number of nitrogens with zero attached hydrogens (tertiary/aromatic N) is 2. The van der Waals surface area contributed by atoms with Crippen LogP contribution in [0.15, 0.2) is 54.2 Å². The summed E-state index contributed by atoms with van der Waals surface area (Å²) in [5.74, 6) is 0.964. The first kappa shape index (κ1) is 18.1. The Balaban J connectivity index is 1.33. The van der Waals surface area contributed by atoms with E-state index < -0.39 is 0 Å². The Morgan fingerprint density at radius 2 is 1.69 bits per heavy atom. The number of benzene rings is 2. The molecule has 1 atom stereocenters. The van der Waals surface area contributed by atoms with Crippen molar-refractivity contribution in [3.63, 3.8) is 0 Å². The van der Waals surface area contributed by atoms with Gasteiger partial charge in [-0.15, -0.1) is 11.3 Å². The molecule has 144 valence electrons. The van der Waals surface area contributed by atoms with E-state index in [1.54, 1.807) is 17.7 Å². The van der Waals surface area contributed by atoms with Gasteiger partial charge in [0.15, 0.2) is 0 Å². The minimum Gasteiger partial charge on any atom is -0.366 e. The van der Waals surface area contributed by atoms with Gasteiger partial charge < -0.3 is 5.32 Å². The first-order chi connectivity index (χ1) is 14.2. The van der Waals surface area contributed by atoms with Gasteiger partial charge in [-0.05, 0) is 59.9 Å². The molecule has 1 N–H and O–H groups in total. The van der Waals surface area contributed by atoms with Crippen LogP contribution in [0.2, 0.25) is 0 Å². The van der Waals surface area contributed by atoms with Gasteiger partial charge in [0, 0.05) is 6.04 Å². The molecule has 2 heterocycles. The molecule has 3 nitrogen and oxygen atoms in total. The zero-order chi connectivity index (χ0) is 19.8. The lowest BCUT2D eigenvalue weighted by Gasteiger charge is -2.13. The lowest BCUT2D eigenvalue weighted by atomic mass is 10.1. The third-order valence-corrected chi connectivity index (χ3v) is 6.61. The fraction of sp³-hybridized carbons (Fsp3) is 0.200. The second kappa shape index (κ2) is 7.45. The van der Waals surface area contributed by atoms with Crippen LogP contribution in [0.25, 0.3) is 22.4 Å². The maximum atomic E-state index is 4.53. The lowest BCUT2D eigenvalue weighted by Crippen LogP contribution is -2.20. The van der Waals surface area contributed by atoms with E-state index in [1.807, 2.05) is 0 Å². The summed E-state index contributed by atoms with van der Waals surface area (Å²) >= 11 is 1.68. The van der Waals surface area contributed by atoms with Gasteiger partial charge in [-0.25, -0.2) is 9.97 Å². The van der Waals surface area contributed by atoms with Gasteiger partial charge in [0.1, 0.15) is 17.0 Å². The number of hydrogen-bond donors (Lipinski definition) is 1. The molecule has 0 amide bonds. The van der Waals surface area contributed by atoms with Crippen molar-refractivity contribution < 1.29 is 0 Å². The number of rotatable bonds is 4. The summed E-state index contributed by atoms with van der Waals surface area (Å²) in [6.45, 7) is 4.24. The minimum absolute atomic E-state index is 0.374. The van der Waals surface area contributed by atoms with Crippen LogP contribution >= 0.6 is 11.3 Å². The third kappa shape index (κ3) is 3.68. The van der Waals surface area contributed by atoms with Crippen molar-refractivity contribution in [2.75, 3.05) is 5.32 Å². The van der Waals surface area contributed by atoms with Gasteiger partial charge in [-0.1, -0.05) is 60.2 Å². The van der Waals surface area contributed by atoms with Crippen molar-refractivity contribution in [3.8, 4) is 0 Å². The molecule has 0 spiro atoms. The highest BCUT2D eigenvalue weighted by atomic mass is 32.1. The second-order valence-electron chi connectivity index (χ2n) is 7.84. The van der Waals surface area contributed by atoms with Crippen molar-refractivity contribution in [2.45, 2.75) is 32.7 Å². The fourth-order valence-corrected chi connectivity index (χ4v) is 4.92. The zero-order valence-electron chi connectivity index (χ0n) is 16.6. The molecule has 1 aliphatic carbocycles. The van der Waals surface area contributed by atoms with Crippen LogP contribution in [0.1, 0.15) is 33.4 Å². The molecule has 0 radical (unpaired) electrons. The van der Waals surface area contributed by atoms with E-state index in [0.29, 0.717) is 6.04 Å². The van der Waals surface area contributed by atoms with E-state index in [4.69, 9.17) is 0 Å². The van der Waals surface area contributed by atoms with Crippen LogP contribution in [-0.4, -0.2) is 16.0 Å². The van der Waals surface area contributed by atoms with Gasteiger partial charge in [0.2, 0.25) is 0 Å². The van der Waals surface area contributed by atoms with Crippen molar-refractivity contribution in [1.82, 2.24) is 9.97 Å². The molecule has 4 aromatic rings. The Morgan fingerprint density at radius 3 is 2.55 bits per heavy atom. The summed E-state index contributed by atoms with van der Waals surface area (Å²) < 4.78 is 0. The molecule has 1 aliphatic rings. The molecule has 0 aliphatic heterocycles. The molecule has 0 bridgehead atoms. The van der Waals surface area contributed by atoms with Crippen LogP contribution in [0.4, 0.5) is 5.82 Å². The van der Waals surface area contributed by atoms with Crippen molar-refractivity contribution >= 4 is 39.5 Å². The Kier molecular flexibility index (Phi) is 4.64. The van der Waals surface area contributed by atoms with E-state index in [1.165, 1.54) is 33.4 Å². The molecule has 0 saturated carbocycles. The molecule has 5 rings (SSSR count).